The summed E-state index contributed by atoms with van der Waals surface area (Å²) < 4.78 is 11.1. The van der Waals surface area contributed by atoms with Gasteiger partial charge in [0.15, 0.2) is 5.69 Å². The number of aromatic nitrogens is 3. The number of esters is 2. The summed E-state index contributed by atoms with van der Waals surface area (Å²) in [6.07, 6.45) is 9.11. The van der Waals surface area contributed by atoms with E-state index in [2.05, 4.69) is 20.5 Å². The Kier molecular flexibility index (Phi) is 8.63. The Bertz CT molecular complexity index is 1100. The summed E-state index contributed by atoms with van der Waals surface area (Å²) in [5.41, 5.74) is 0.510. The van der Waals surface area contributed by atoms with Gasteiger partial charge in [0.1, 0.15) is 0 Å². The monoisotopic (exact) mass is 515 g/mol. The molecule has 0 unspecified atom stereocenters. The minimum atomic E-state index is -0.761. The van der Waals surface area contributed by atoms with Crippen LogP contribution in [0.25, 0.3) is 0 Å². The molecule has 10 nitrogen and oxygen atoms in total. The van der Waals surface area contributed by atoms with Crippen molar-refractivity contribution in [1.82, 2.24) is 19.9 Å². The number of ether oxygens (including phenoxy) is 2. The minimum absolute atomic E-state index is 0.0519. The van der Waals surface area contributed by atoms with Crippen molar-refractivity contribution in [3.63, 3.8) is 0 Å². The molecular formula is C25H33N5O5S. The Hall–Kier alpha value is -2.92. The number of nitrogens with zero attached hydrogens (tertiary/aromatic N) is 4. The summed E-state index contributed by atoms with van der Waals surface area (Å²) in [7, 11) is 2.46. The van der Waals surface area contributed by atoms with E-state index in [0.717, 1.165) is 36.3 Å². The largest absolute Gasteiger partial charge is 0.464 e. The molecule has 194 valence electrons. The second-order valence-electron chi connectivity index (χ2n) is 9.18. The Balaban J connectivity index is 1.64. The van der Waals surface area contributed by atoms with Crippen LogP contribution in [0.3, 0.4) is 0 Å². The van der Waals surface area contributed by atoms with Crippen molar-refractivity contribution in [2.75, 3.05) is 32.3 Å². The number of rotatable bonds is 7. The van der Waals surface area contributed by atoms with Gasteiger partial charge in [-0.2, -0.15) is 0 Å². The van der Waals surface area contributed by atoms with E-state index in [-0.39, 0.29) is 29.4 Å². The zero-order valence-corrected chi connectivity index (χ0v) is 21.8. The quantitative estimate of drug-likeness (QED) is 0.336. The molecule has 0 radical (unpaired) electrons. The van der Waals surface area contributed by atoms with Crippen molar-refractivity contribution in [3.05, 3.63) is 35.7 Å². The maximum Gasteiger partial charge on any atom is 0.361 e. The lowest BCUT2D eigenvalue weighted by molar-refractivity contribution is -0.121. The first-order chi connectivity index (χ1) is 17.5. The van der Waals surface area contributed by atoms with E-state index in [9.17, 15) is 14.4 Å². The van der Waals surface area contributed by atoms with Crippen LogP contribution in [0, 0.1) is 0 Å². The van der Waals surface area contributed by atoms with Crippen molar-refractivity contribution in [2.24, 2.45) is 0 Å². The van der Waals surface area contributed by atoms with Gasteiger partial charge in [-0.1, -0.05) is 37.0 Å². The molecule has 0 spiro atoms. The maximum absolute atomic E-state index is 13.6. The van der Waals surface area contributed by atoms with Crippen LogP contribution in [-0.2, 0) is 14.3 Å². The summed E-state index contributed by atoms with van der Waals surface area (Å²) >= 11 is 1.62. The third kappa shape index (κ3) is 5.57. The fourth-order valence-corrected chi connectivity index (χ4v) is 5.72. The van der Waals surface area contributed by atoms with E-state index in [4.69, 9.17) is 9.47 Å². The Morgan fingerprint density at radius 1 is 1.03 bits per heavy atom. The molecule has 4 rings (SSSR count). The van der Waals surface area contributed by atoms with Gasteiger partial charge in [-0.3, -0.25) is 9.69 Å². The van der Waals surface area contributed by atoms with Crippen molar-refractivity contribution in [1.29, 1.82) is 0 Å². The molecule has 2 fully saturated rings. The number of carbonyl (C=O) groups is 3. The number of hydrogen-bond acceptors (Lipinski definition) is 9. The maximum atomic E-state index is 13.6. The van der Waals surface area contributed by atoms with Crippen LogP contribution in [0.15, 0.2) is 29.2 Å². The van der Waals surface area contributed by atoms with Gasteiger partial charge >= 0.3 is 11.9 Å². The summed E-state index contributed by atoms with van der Waals surface area (Å²) in [4.78, 5) is 41.8. The lowest BCUT2D eigenvalue weighted by atomic mass is 10.1. The van der Waals surface area contributed by atoms with E-state index in [0.29, 0.717) is 13.0 Å². The number of methoxy groups -OCH3 is 2. The molecule has 1 amide bonds. The first-order valence-electron chi connectivity index (χ1n) is 12.3. The SMILES string of the molecule is COC(=O)c1nnn([C@H]2C[C@@H](C(=O)Nc3cccc(SC)c3)N(C3CCCCCC3)C2)c1C(=O)OC. The van der Waals surface area contributed by atoms with Crippen LogP contribution in [-0.4, -0.2) is 76.8 Å². The smallest absolute Gasteiger partial charge is 0.361 e. The molecule has 36 heavy (non-hydrogen) atoms. The van der Waals surface area contributed by atoms with E-state index < -0.39 is 18.0 Å². The van der Waals surface area contributed by atoms with Crippen molar-refractivity contribution >= 4 is 35.3 Å². The summed E-state index contributed by atoms with van der Waals surface area (Å²) in [5.74, 6) is -1.57. The average Bonchev–Trinajstić information content (AvgIpc) is 3.44. The van der Waals surface area contributed by atoms with Crippen molar-refractivity contribution in [3.8, 4) is 0 Å². The van der Waals surface area contributed by atoms with Gasteiger partial charge in [0, 0.05) is 23.2 Å². The van der Waals surface area contributed by atoms with Crippen LogP contribution in [0.2, 0.25) is 0 Å². The molecule has 1 aliphatic heterocycles. The molecule has 1 aliphatic carbocycles. The molecule has 1 aromatic carbocycles. The molecule has 1 aromatic heterocycles. The highest BCUT2D eigenvalue weighted by atomic mass is 32.2. The Morgan fingerprint density at radius 2 is 1.75 bits per heavy atom. The fraction of sp³-hybridized carbons (Fsp3) is 0.560. The standard InChI is InChI=1S/C25H33N5O5S/c1-34-24(32)21-22(25(33)35-2)30(28-27-21)18-14-20(29(15-18)17-10-6-4-5-7-11-17)23(31)26-16-9-8-12-19(13-16)36-3/h8-9,12-13,17-18,20H,4-7,10-11,14-15H2,1-3H3,(H,26,31)/t18-,20-/m0/s1. The number of thioether (sulfide) groups is 1. The normalized spacial score (nSPS) is 21.1. The van der Waals surface area contributed by atoms with Gasteiger partial charge in [-0.25, -0.2) is 14.3 Å². The number of nitrogens with one attached hydrogen (secondary N) is 1. The molecule has 1 saturated carbocycles. The highest BCUT2D eigenvalue weighted by molar-refractivity contribution is 7.98. The van der Waals surface area contributed by atoms with Crippen LogP contribution < -0.4 is 5.32 Å². The van der Waals surface area contributed by atoms with Gasteiger partial charge < -0.3 is 14.8 Å². The van der Waals surface area contributed by atoms with Crippen LogP contribution in [0.5, 0.6) is 0 Å². The van der Waals surface area contributed by atoms with Crippen LogP contribution >= 0.6 is 11.8 Å². The molecular weight excluding hydrogens is 482 g/mol. The summed E-state index contributed by atoms with van der Waals surface area (Å²) in [6, 6.07) is 7.29. The van der Waals surface area contributed by atoms with E-state index in [1.165, 1.54) is 31.7 Å². The van der Waals surface area contributed by atoms with E-state index >= 15 is 0 Å². The first kappa shape index (κ1) is 26.2. The van der Waals surface area contributed by atoms with E-state index in [1.807, 2.05) is 30.5 Å². The number of benzene rings is 1. The molecule has 1 saturated heterocycles. The third-order valence-corrected chi connectivity index (χ3v) is 7.77. The highest BCUT2D eigenvalue weighted by Crippen LogP contribution is 2.35. The number of likely N-dealkylation sites (tertiary alicyclic amines) is 1. The van der Waals surface area contributed by atoms with Crippen molar-refractivity contribution in [2.45, 2.75) is 68.0 Å². The predicted octanol–water partition coefficient (Wildman–Crippen LogP) is 3.55. The van der Waals surface area contributed by atoms with Gasteiger partial charge in [0.25, 0.3) is 0 Å². The molecule has 2 aromatic rings. The molecule has 11 heteroatoms. The van der Waals surface area contributed by atoms with Gasteiger partial charge in [0.2, 0.25) is 11.6 Å². The fourth-order valence-electron chi connectivity index (χ4n) is 5.26. The number of carbonyl (C=O) groups excluding carboxylic acids is 3. The summed E-state index contributed by atoms with van der Waals surface area (Å²) in [5, 5.41) is 11.2. The van der Waals surface area contributed by atoms with Gasteiger partial charge in [-0.05, 0) is 43.7 Å². The highest BCUT2D eigenvalue weighted by Gasteiger charge is 2.43. The topological polar surface area (TPSA) is 116 Å². The number of amides is 1. The molecule has 0 bridgehead atoms. The zero-order chi connectivity index (χ0) is 25.7. The second kappa shape index (κ2) is 11.9. The van der Waals surface area contributed by atoms with Crippen LogP contribution in [0.4, 0.5) is 5.69 Å². The summed E-state index contributed by atoms with van der Waals surface area (Å²) in [6.45, 7) is 0.515. The first-order valence-corrected chi connectivity index (χ1v) is 13.5. The predicted molar refractivity (Wildman–Crippen MR) is 135 cm³/mol. The zero-order valence-electron chi connectivity index (χ0n) is 20.9. The second-order valence-corrected chi connectivity index (χ2v) is 10.1. The number of hydrogen-bond donors (Lipinski definition) is 1. The van der Waals surface area contributed by atoms with Crippen LogP contribution in [0.1, 0.15) is 72.0 Å². The number of anilines is 1. The lowest BCUT2D eigenvalue weighted by Gasteiger charge is -2.31. The lowest BCUT2D eigenvalue weighted by Crippen LogP contribution is -2.45. The average molecular weight is 516 g/mol. The molecule has 2 heterocycles. The molecule has 2 aliphatic rings. The third-order valence-electron chi connectivity index (χ3n) is 7.05. The Morgan fingerprint density at radius 3 is 2.42 bits per heavy atom. The van der Waals surface area contributed by atoms with Gasteiger partial charge in [-0.15, -0.1) is 16.9 Å². The molecule has 1 N–H and O–H groups in total. The minimum Gasteiger partial charge on any atom is -0.464 e. The van der Waals surface area contributed by atoms with E-state index in [1.54, 1.807) is 11.8 Å². The van der Waals surface area contributed by atoms with Gasteiger partial charge in [0.05, 0.1) is 26.3 Å². The molecule has 2 atom stereocenters. The van der Waals surface area contributed by atoms with Crippen molar-refractivity contribution < 1.29 is 23.9 Å². The Labute approximate surface area is 215 Å².